The van der Waals surface area contributed by atoms with Crippen LogP contribution in [-0.2, 0) is 51.9 Å². The second kappa shape index (κ2) is 21.5. The third kappa shape index (κ3) is 11.2. The zero-order valence-corrected chi connectivity index (χ0v) is 39.6. The Morgan fingerprint density at radius 2 is 0.986 bits per heavy atom. The van der Waals surface area contributed by atoms with Crippen LogP contribution in [0.3, 0.4) is 0 Å². The summed E-state index contributed by atoms with van der Waals surface area (Å²) in [7, 11) is 1.48. The molecular weight excluding hydrogens is 911 g/mol. The van der Waals surface area contributed by atoms with Gasteiger partial charge in [-0.15, -0.1) is 0 Å². The number of amides is 7. The Morgan fingerprint density at radius 3 is 1.41 bits per heavy atom. The molecule has 11 N–H and O–H groups in total. The second-order valence-electron chi connectivity index (χ2n) is 17.5. The van der Waals surface area contributed by atoms with Crippen LogP contribution in [0.2, 0.25) is 0 Å². The summed E-state index contributed by atoms with van der Waals surface area (Å²) in [5.74, 6) is -4.44. The number of nitrogens with one attached hydrogen (secondary N) is 7. The van der Waals surface area contributed by atoms with Crippen molar-refractivity contribution in [2.24, 2.45) is 11.5 Å². The molecule has 2 aliphatic rings. The van der Waals surface area contributed by atoms with E-state index in [4.69, 9.17) is 20.9 Å². The first-order chi connectivity index (χ1) is 33.9. The van der Waals surface area contributed by atoms with Gasteiger partial charge < -0.3 is 58.2 Å². The molecule has 71 heavy (non-hydrogen) atoms. The summed E-state index contributed by atoms with van der Waals surface area (Å²) in [4.78, 5) is 107. The van der Waals surface area contributed by atoms with Crippen LogP contribution >= 0.6 is 0 Å². The molecule has 0 aliphatic carbocycles. The molecule has 19 heteroatoms. The Hall–Kier alpha value is -8.42. The molecule has 5 aromatic carbocycles. The number of carbonyl (C=O) groups is 8. The van der Waals surface area contributed by atoms with Gasteiger partial charge in [0.05, 0.1) is 17.6 Å². The summed E-state index contributed by atoms with van der Waals surface area (Å²) in [6.07, 6.45) is 0.163. The SMILES string of the molecule is CNC(=O)c1ccc2c(c1)C1(OC2=O)c2ccc(NC(=O)C(Cc3ccccc3)NC(=O)C(C)NC(=O)C(C)N)cc2Oc2cc(NC(=O)C(Cc3ccccc3)NC(=O)C(C)NC(=O)C(C)N)ccc21. The topological polar surface area (TPSA) is 291 Å². The van der Waals surface area contributed by atoms with Crippen molar-refractivity contribution in [2.75, 3.05) is 17.7 Å². The van der Waals surface area contributed by atoms with Crippen molar-refractivity contribution in [3.63, 3.8) is 0 Å². The molecule has 0 radical (unpaired) electrons. The largest absolute Gasteiger partial charge is 0.456 e. The zero-order valence-electron chi connectivity index (χ0n) is 39.6. The van der Waals surface area contributed by atoms with Gasteiger partial charge in [0.15, 0.2) is 5.60 Å². The molecule has 368 valence electrons. The maximum atomic E-state index is 14.2. The number of hydrogen-bond donors (Lipinski definition) is 9. The van der Waals surface area contributed by atoms with Crippen LogP contribution in [-0.4, -0.2) is 90.6 Å². The van der Waals surface area contributed by atoms with Crippen LogP contribution in [0.4, 0.5) is 11.4 Å². The highest BCUT2D eigenvalue weighted by Gasteiger charge is 2.54. The quantitative estimate of drug-likeness (QED) is 0.0609. The predicted molar refractivity (Wildman–Crippen MR) is 262 cm³/mol. The first-order valence-corrected chi connectivity index (χ1v) is 22.9. The van der Waals surface area contributed by atoms with Crippen molar-refractivity contribution >= 4 is 58.7 Å². The van der Waals surface area contributed by atoms with E-state index in [2.05, 4.69) is 37.2 Å². The molecule has 0 bridgehead atoms. The van der Waals surface area contributed by atoms with Gasteiger partial charge in [0, 0.05) is 65.7 Å². The molecule has 6 atom stereocenters. The lowest BCUT2D eigenvalue weighted by Crippen LogP contribution is -2.54. The van der Waals surface area contributed by atoms with Gasteiger partial charge in [0.1, 0.15) is 35.7 Å². The molecule has 0 fully saturated rings. The number of carbonyl (C=O) groups excluding carboxylic acids is 8. The number of hydrogen-bond acceptors (Lipinski definition) is 12. The van der Waals surface area contributed by atoms with Gasteiger partial charge in [-0.05, 0) is 81.3 Å². The van der Waals surface area contributed by atoms with E-state index in [9.17, 15) is 38.4 Å². The number of ether oxygens (including phenoxy) is 2. The molecule has 19 nitrogen and oxygen atoms in total. The highest BCUT2D eigenvalue weighted by molar-refractivity contribution is 6.02. The molecule has 0 aromatic heterocycles. The van der Waals surface area contributed by atoms with Crippen molar-refractivity contribution in [3.05, 3.63) is 154 Å². The minimum atomic E-state index is -1.71. The van der Waals surface area contributed by atoms with E-state index in [0.717, 1.165) is 11.1 Å². The molecule has 0 saturated heterocycles. The number of benzene rings is 5. The van der Waals surface area contributed by atoms with Crippen molar-refractivity contribution in [1.29, 1.82) is 0 Å². The van der Waals surface area contributed by atoms with Gasteiger partial charge in [-0.3, -0.25) is 33.6 Å². The lowest BCUT2D eigenvalue weighted by molar-refractivity contribution is -0.130. The highest BCUT2D eigenvalue weighted by atomic mass is 16.6. The molecular formula is C52H55N9O10. The summed E-state index contributed by atoms with van der Waals surface area (Å²) in [6, 6.07) is 25.9. The number of nitrogens with two attached hydrogens (primary N) is 2. The minimum Gasteiger partial charge on any atom is -0.456 e. The zero-order chi connectivity index (χ0) is 51.1. The van der Waals surface area contributed by atoms with Crippen LogP contribution in [0.5, 0.6) is 11.5 Å². The fourth-order valence-corrected chi connectivity index (χ4v) is 8.15. The van der Waals surface area contributed by atoms with E-state index in [1.54, 1.807) is 78.9 Å². The third-order valence-corrected chi connectivity index (χ3v) is 12.0. The van der Waals surface area contributed by atoms with E-state index in [-0.39, 0.29) is 46.8 Å². The number of anilines is 2. The van der Waals surface area contributed by atoms with Crippen molar-refractivity contribution in [3.8, 4) is 11.5 Å². The smallest absolute Gasteiger partial charge is 0.340 e. The molecule has 2 heterocycles. The molecule has 5 aromatic rings. The van der Waals surface area contributed by atoms with Crippen LogP contribution < -0.4 is 53.4 Å². The monoisotopic (exact) mass is 965 g/mol. The van der Waals surface area contributed by atoms with E-state index in [1.807, 2.05) is 12.1 Å². The minimum absolute atomic E-state index is 0.0816. The number of esters is 1. The van der Waals surface area contributed by atoms with Gasteiger partial charge in [-0.1, -0.05) is 60.7 Å². The Morgan fingerprint density at radius 1 is 0.535 bits per heavy atom. The average Bonchev–Trinajstić information content (AvgIpc) is 3.64. The summed E-state index contributed by atoms with van der Waals surface area (Å²) in [5, 5.41) is 18.9. The standard InChI is InChI=1S/C52H55N9O10/c1-27(53)44(62)56-29(3)46(64)60-40(22-31-12-8-6-9-13-31)49(67)58-34-17-20-37-42(25-34)70-43-26-35(18-21-38(43)52(37)39-24-33(48(66)55-5)16-19-36(39)51(69)71-52)59-50(68)41(23-32-14-10-7-11-15-32)61-47(65)30(4)57-45(63)28(2)54/h6-21,24-30,40-41H,22-23,53-54H2,1-5H3,(H,55,66)(H,56,62)(H,57,63)(H,58,67)(H,59,68)(H,60,64)(H,61,65). The first kappa shape index (κ1) is 50.5. The normalized spacial score (nSPS) is 16.6. The molecule has 6 unspecified atom stereocenters. The van der Waals surface area contributed by atoms with Gasteiger partial charge in [0.25, 0.3) is 5.91 Å². The van der Waals surface area contributed by atoms with Crippen molar-refractivity contribution in [2.45, 2.75) is 82.4 Å². The van der Waals surface area contributed by atoms with E-state index in [0.29, 0.717) is 16.7 Å². The number of rotatable bonds is 17. The van der Waals surface area contributed by atoms with Gasteiger partial charge in [-0.2, -0.15) is 0 Å². The molecule has 7 amide bonds. The Labute approximate surface area is 409 Å². The van der Waals surface area contributed by atoms with Crippen LogP contribution in [0.25, 0.3) is 0 Å². The van der Waals surface area contributed by atoms with Gasteiger partial charge in [-0.25, -0.2) is 4.79 Å². The van der Waals surface area contributed by atoms with E-state index >= 15 is 0 Å². The molecule has 7 rings (SSSR count). The summed E-state index contributed by atoms with van der Waals surface area (Å²) in [6.45, 7) is 5.90. The van der Waals surface area contributed by atoms with Gasteiger partial charge in [0.2, 0.25) is 35.4 Å². The Balaban J connectivity index is 1.24. The van der Waals surface area contributed by atoms with Crippen LogP contribution in [0.1, 0.15) is 76.2 Å². The highest BCUT2D eigenvalue weighted by Crippen LogP contribution is 2.57. The van der Waals surface area contributed by atoms with Crippen molar-refractivity contribution in [1.82, 2.24) is 26.6 Å². The molecule has 0 saturated carbocycles. The average molecular weight is 966 g/mol. The summed E-state index contributed by atoms with van der Waals surface area (Å²) >= 11 is 0. The van der Waals surface area contributed by atoms with E-state index in [1.165, 1.54) is 59.0 Å². The van der Waals surface area contributed by atoms with Crippen molar-refractivity contribution < 1.29 is 47.8 Å². The second-order valence-corrected chi connectivity index (χ2v) is 17.5. The molecule has 1 spiro atoms. The Kier molecular flexibility index (Phi) is 15.3. The lowest BCUT2D eigenvalue weighted by Gasteiger charge is -2.37. The van der Waals surface area contributed by atoms with Crippen LogP contribution in [0, 0.1) is 0 Å². The predicted octanol–water partition coefficient (Wildman–Crippen LogP) is 2.65. The third-order valence-electron chi connectivity index (χ3n) is 12.0. The summed E-state index contributed by atoms with van der Waals surface area (Å²) < 4.78 is 12.9. The summed E-state index contributed by atoms with van der Waals surface area (Å²) in [5.41, 5.74) is 13.0. The van der Waals surface area contributed by atoms with Crippen LogP contribution in [0.15, 0.2) is 115 Å². The molecule has 2 aliphatic heterocycles. The maximum absolute atomic E-state index is 14.2. The number of fused-ring (bicyclic) bond motifs is 6. The first-order valence-electron chi connectivity index (χ1n) is 22.9. The fourth-order valence-electron chi connectivity index (χ4n) is 8.15. The maximum Gasteiger partial charge on any atom is 0.340 e. The lowest BCUT2D eigenvalue weighted by atomic mass is 9.77. The van der Waals surface area contributed by atoms with E-state index < -0.39 is 89.2 Å². The van der Waals surface area contributed by atoms with Gasteiger partial charge >= 0.3 is 5.97 Å². The fraction of sp³-hybridized carbons (Fsp3) is 0.269. The Bertz CT molecular complexity index is 2740.